The number of aliphatic hydroxyl groups excluding tert-OH is 1. The highest BCUT2D eigenvalue weighted by atomic mass is 31.2. The molecule has 0 saturated heterocycles. The van der Waals surface area contributed by atoms with E-state index in [-0.39, 0.29) is 25.7 Å². The summed E-state index contributed by atoms with van der Waals surface area (Å²) in [4.78, 5) is 72.9. The number of hydrogen-bond acceptors (Lipinski definition) is 15. The summed E-state index contributed by atoms with van der Waals surface area (Å²) in [6.07, 6.45) is 59.8. The monoisotopic (exact) mass is 1470 g/mol. The van der Waals surface area contributed by atoms with Crippen LogP contribution in [0.5, 0.6) is 0 Å². The number of unbranched alkanes of at least 4 members (excludes halogenated alkanes) is 46. The van der Waals surface area contributed by atoms with Crippen LogP contribution in [-0.4, -0.2) is 96.7 Å². The number of carbonyl (C=O) groups is 4. The predicted molar refractivity (Wildman–Crippen MR) is 409 cm³/mol. The molecule has 17 nitrogen and oxygen atoms in total. The van der Waals surface area contributed by atoms with E-state index in [1.165, 1.54) is 225 Å². The molecule has 0 fully saturated rings. The molecule has 0 rings (SSSR count). The van der Waals surface area contributed by atoms with Crippen molar-refractivity contribution < 1.29 is 80.2 Å². The van der Waals surface area contributed by atoms with Crippen LogP contribution in [0.25, 0.3) is 0 Å². The Labute approximate surface area is 613 Å². The maximum absolute atomic E-state index is 13.1. The highest BCUT2D eigenvalue weighted by molar-refractivity contribution is 7.47. The van der Waals surface area contributed by atoms with Crippen LogP contribution in [0.2, 0.25) is 0 Å². The summed E-state index contributed by atoms with van der Waals surface area (Å²) in [6, 6.07) is 0. The first kappa shape index (κ1) is 98.1. The van der Waals surface area contributed by atoms with E-state index in [1.807, 2.05) is 0 Å². The fourth-order valence-electron chi connectivity index (χ4n) is 12.5. The van der Waals surface area contributed by atoms with Crippen LogP contribution < -0.4 is 0 Å². The van der Waals surface area contributed by atoms with E-state index in [0.29, 0.717) is 31.6 Å². The first-order valence-electron chi connectivity index (χ1n) is 41.9. The average Bonchev–Trinajstić information content (AvgIpc) is 0.930. The van der Waals surface area contributed by atoms with Crippen molar-refractivity contribution in [2.45, 2.75) is 439 Å². The van der Waals surface area contributed by atoms with Gasteiger partial charge in [0, 0.05) is 25.7 Å². The zero-order chi connectivity index (χ0) is 73.7. The molecule has 0 radical (unpaired) electrons. The van der Waals surface area contributed by atoms with Crippen molar-refractivity contribution in [3.05, 3.63) is 0 Å². The molecule has 100 heavy (non-hydrogen) atoms. The second-order valence-electron chi connectivity index (χ2n) is 30.4. The predicted octanol–water partition coefficient (Wildman–Crippen LogP) is 24.1. The molecule has 0 aromatic rings. The van der Waals surface area contributed by atoms with Gasteiger partial charge in [-0.05, 0) is 43.4 Å². The lowest BCUT2D eigenvalue weighted by Crippen LogP contribution is -2.30. The number of rotatable bonds is 79. The molecule has 0 aliphatic carbocycles. The third-order valence-electron chi connectivity index (χ3n) is 19.2. The summed E-state index contributed by atoms with van der Waals surface area (Å²) in [5.74, 6) is 0.237. The van der Waals surface area contributed by atoms with Crippen molar-refractivity contribution in [3.63, 3.8) is 0 Å². The van der Waals surface area contributed by atoms with Gasteiger partial charge in [-0.1, -0.05) is 370 Å². The Morgan fingerprint density at radius 3 is 0.760 bits per heavy atom. The summed E-state index contributed by atoms with van der Waals surface area (Å²) >= 11 is 0. The van der Waals surface area contributed by atoms with Gasteiger partial charge in [0.15, 0.2) is 12.2 Å². The van der Waals surface area contributed by atoms with Crippen molar-refractivity contribution >= 4 is 39.5 Å². The molecule has 19 heteroatoms. The van der Waals surface area contributed by atoms with Crippen LogP contribution in [0.1, 0.15) is 421 Å². The highest BCUT2D eigenvalue weighted by Gasteiger charge is 2.30. The van der Waals surface area contributed by atoms with Gasteiger partial charge in [-0.2, -0.15) is 0 Å². The fraction of sp³-hybridized carbons (Fsp3) is 0.951. The minimum absolute atomic E-state index is 0.106. The van der Waals surface area contributed by atoms with Gasteiger partial charge in [0.25, 0.3) is 0 Å². The molecular weight excluding hydrogens is 1310 g/mol. The van der Waals surface area contributed by atoms with E-state index in [4.69, 9.17) is 37.0 Å². The Bertz CT molecular complexity index is 1940. The maximum atomic E-state index is 13.1. The normalized spacial score (nSPS) is 14.2. The van der Waals surface area contributed by atoms with E-state index in [2.05, 4.69) is 48.5 Å². The van der Waals surface area contributed by atoms with Gasteiger partial charge in [-0.15, -0.1) is 0 Å². The molecule has 0 amide bonds. The zero-order valence-corrected chi connectivity index (χ0v) is 67.5. The second-order valence-corrected chi connectivity index (χ2v) is 33.3. The molecule has 3 N–H and O–H groups in total. The maximum Gasteiger partial charge on any atom is 0.472 e. The van der Waals surface area contributed by atoms with Crippen LogP contribution in [0.4, 0.5) is 0 Å². The fourth-order valence-corrected chi connectivity index (χ4v) is 14.0. The molecule has 3 unspecified atom stereocenters. The van der Waals surface area contributed by atoms with Gasteiger partial charge in [-0.3, -0.25) is 37.3 Å². The lowest BCUT2D eigenvalue weighted by molar-refractivity contribution is -0.161. The van der Waals surface area contributed by atoms with Crippen LogP contribution in [0, 0.1) is 17.8 Å². The van der Waals surface area contributed by atoms with Crippen molar-refractivity contribution in [1.82, 2.24) is 0 Å². The molecule has 0 aliphatic rings. The van der Waals surface area contributed by atoms with Crippen molar-refractivity contribution in [2.24, 2.45) is 17.8 Å². The molecular formula is C81H158O17P2. The summed E-state index contributed by atoms with van der Waals surface area (Å²) in [5.41, 5.74) is 0. The minimum atomic E-state index is -4.96. The largest absolute Gasteiger partial charge is 0.472 e. The third kappa shape index (κ3) is 73.0. The number of ether oxygens (including phenoxy) is 4. The smallest absolute Gasteiger partial charge is 0.462 e. The van der Waals surface area contributed by atoms with Gasteiger partial charge < -0.3 is 33.8 Å². The molecule has 594 valence electrons. The number of phosphoric ester groups is 2. The lowest BCUT2D eigenvalue weighted by atomic mass is 9.99. The molecule has 0 aromatic heterocycles. The van der Waals surface area contributed by atoms with E-state index in [0.717, 1.165) is 108 Å². The van der Waals surface area contributed by atoms with Gasteiger partial charge in [0.05, 0.1) is 26.4 Å². The summed E-state index contributed by atoms with van der Waals surface area (Å²) < 4.78 is 68.6. The summed E-state index contributed by atoms with van der Waals surface area (Å²) in [5, 5.41) is 10.6. The molecule has 6 atom stereocenters. The Morgan fingerprint density at radius 1 is 0.290 bits per heavy atom. The highest BCUT2D eigenvalue weighted by Crippen LogP contribution is 2.45. The Hall–Kier alpha value is -1.94. The van der Waals surface area contributed by atoms with E-state index >= 15 is 0 Å². The molecule has 0 spiro atoms. The first-order valence-corrected chi connectivity index (χ1v) is 44.9. The number of hydrogen-bond donors (Lipinski definition) is 3. The number of aliphatic hydroxyl groups is 1. The average molecular weight is 1470 g/mol. The Morgan fingerprint density at radius 2 is 0.510 bits per heavy atom. The molecule has 0 bridgehead atoms. The van der Waals surface area contributed by atoms with E-state index in [9.17, 15) is 43.2 Å². The molecule has 0 saturated carbocycles. The van der Waals surface area contributed by atoms with Gasteiger partial charge in [-0.25, -0.2) is 9.13 Å². The van der Waals surface area contributed by atoms with E-state index in [1.54, 1.807) is 0 Å². The number of esters is 4. The third-order valence-corrected chi connectivity index (χ3v) is 21.1. The van der Waals surface area contributed by atoms with Gasteiger partial charge >= 0.3 is 39.5 Å². The Kier molecular flexibility index (Phi) is 69.9. The standard InChI is InChI=1S/C81H158O17P2/c1-8-10-11-12-13-14-15-30-36-41-50-57-64-80(85)98-77(69-92-79(84)63-56-49-44-43-46-53-60-73(5)6)71-96-100(89,90)94-67-75(82)66-93-99(87,88)95-70-76(68-91-78(83)62-55-48-40-35-31-26-23-22-24-28-33-38-45-52-59-72(3)4)97-81(86)65-58-51-42-37-32-27-21-19-17-16-18-20-25-29-34-39-47-54-61-74(7)9-2/h72-77,82H,8-71H2,1-7H3,(H,87,88)(H,89,90)/t74?,75-,76-,77-/m1/s1. The first-order chi connectivity index (χ1) is 48.3. The van der Waals surface area contributed by atoms with Crippen molar-refractivity contribution in [2.75, 3.05) is 39.6 Å². The summed E-state index contributed by atoms with van der Waals surface area (Å²) in [7, 11) is -9.92. The molecule has 0 heterocycles. The topological polar surface area (TPSA) is 237 Å². The number of phosphoric acid groups is 2. The van der Waals surface area contributed by atoms with Crippen molar-refractivity contribution in [1.29, 1.82) is 0 Å². The van der Waals surface area contributed by atoms with Crippen molar-refractivity contribution in [3.8, 4) is 0 Å². The quantitative estimate of drug-likeness (QED) is 0.0222. The number of carbonyl (C=O) groups excluding carboxylic acids is 4. The van der Waals surface area contributed by atoms with Crippen LogP contribution in [0.15, 0.2) is 0 Å². The molecule has 0 aromatic carbocycles. The van der Waals surface area contributed by atoms with E-state index < -0.39 is 97.5 Å². The van der Waals surface area contributed by atoms with Gasteiger partial charge in [0.2, 0.25) is 0 Å². The van der Waals surface area contributed by atoms with Crippen LogP contribution in [0.3, 0.4) is 0 Å². The minimum Gasteiger partial charge on any atom is -0.462 e. The van der Waals surface area contributed by atoms with Crippen LogP contribution >= 0.6 is 15.6 Å². The summed E-state index contributed by atoms with van der Waals surface area (Å²) in [6.45, 7) is 11.9. The lowest BCUT2D eigenvalue weighted by Gasteiger charge is -2.21. The second kappa shape index (κ2) is 71.3. The molecule has 0 aliphatic heterocycles. The Balaban J connectivity index is 5.20. The SMILES string of the molecule is CCCCCCCCCCCCCCC(=O)O[C@H](COC(=O)CCCCCCCCC(C)C)COP(=O)(O)OC[C@H](O)COP(=O)(O)OC[C@@H](COC(=O)CCCCCCCCCCCCCCCCC(C)C)OC(=O)CCCCCCCCCCCCCCCCCCCCC(C)CC. The van der Waals surface area contributed by atoms with Gasteiger partial charge in [0.1, 0.15) is 19.3 Å². The zero-order valence-electron chi connectivity index (χ0n) is 65.7. The van der Waals surface area contributed by atoms with Crippen LogP contribution in [-0.2, 0) is 65.4 Å².